The minimum atomic E-state index is -0.187. The summed E-state index contributed by atoms with van der Waals surface area (Å²) in [5, 5.41) is 4.84. The molecule has 1 amide bonds. The van der Waals surface area contributed by atoms with Crippen molar-refractivity contribution in [3.8, 4) is 17.2 Å². The summed E-state index contributed by atoms with van der Waals surface area (Å²) < 4.78 is 19.7. The zero-order chi connectivity index (χ0) is 23.0. The Hall–Kier alpha value is -3.59. The number of carbonyl (C=O) groups excluding carboxylic acids is 1. The fraction of sp³-hybridized carbons (Fsp3) is 0.292. The Bertz CT molecular complexity index is 1180. The summed E-state index contributed by atoms with van der Waals surface area (Å²) in [4.78, 5) is 19.6. The van der Waals surface area contributed by atoms with Crippen LogP contribution in [0.1, 0.15) is 13.8 Å². The third kappa shape index (κ3) is 5.61. The fourth-order valence-corrected chi connectivity index (χ4v) is 4.31. The number of fused-ring (bicyclic) bond motifs is 1. The number of nitrogens with zero attached hydrogens (tertiary/aromatic N) is 4. The molecule has 0 spiro atoms. The van der Waals surface area contributed by atoms with Crippen molar-refractivity contribution in [1.29, 1.82) is 0 Å². The molecule has 2 aromatic carbocycles. The average molecular weight is 467 g/mol. The maximum atomic E-state index is 13.2. The van der Waals surface area contributed by atoms with Crippen molar-refractivity contribution in [3.63, 3.8) is 0 Å². The molecule has 0 aliphatic heterocycles. The summed E-state index contributed by atoms with van der Waals surface area (Å²) in [6.07, 6.45) is 3.58. The van der Waals surface area contributed by atoms with Gasteiger partial charge in [-0.25, -0.2) is 4.98 Å². The number of thiazole rings is 1. The normalized spacial score (nSPS) is 10.8. The van der Waals surface area contributed by atoms with E-state index in [9.17, 15) is 4.79 Å². The lowest BCUT2D eigenvalue weighted by Crippen LogP contribution is -2.37. The van der Waals surface area contributed by atoms with Crippen LogP contribution >= 0.6 is 11.3 Å². The van der Waals surface area contributed by atoms with Gasteiger partial charge < -0.3 is 14.2 Å². The Balaban J connectivity index is 1.53. The van der Waals surface area contributed by atoms with E-state index in [1.165, 1.54) is 11.3 Å². The minimum Gasteiger partial charge on any atom is -0.494 e. The van der Waals surface area contributed by atoms with Gasteiger partial charge in [-0.15, -0.1) is 0 Å². The van der Waals surface area contributed by atoms with Gasteiger partial charge in [-0.1, -0.05) is 17.4 Å². The van der Waals surface area contributed by atoms with Crippen LogP contribution < -0.4 is 19.1 Å². The van der Waals surface area contributed by atoms with Crippen molar-refractivity contribution in [1.82, 2.24) is 14.8 Å². The number of rotatable bonds is 11. The number of hydrogen-bond donors (Lipinski definition) is 0. The molecule has 8 nitrogen and oxygen atoms in total. The number of benzene rings is 2. The Labute approximate surface area is 196 Å². The van der Waals surface area contributed by atoms with E-state index in [1.807, 2.05) is 56.4 Å². The highest BCUT2D eigenvalue weighted by atomic mass is 32.1. The van der Waals surface area contributed by atoms with Gasteiger partial charge in [0.1, 0.15) is 22.8 Å². The van der Waals surface area contributed by atoms with Crippen LogP contribution in [0.15, 0.2) is 60.9 Å². The maximum Gasteiger partial charge on any atom is 0.266 e. The van der Waals surface area contributed by atoms with Gasteiger partial charge in [0, 0.05) is 18.9 Å². The smallest absolute Gasteiger partial charge is 0.266 e. The third-order valence-electron chi connectivity index (χ3n) is 4.81. The molecule has 4 aromatic rings. The van der Waals surface area contributed by atoms with Gasteiger partial charge in [0.25, 0.3) is 5.91 Å². The molecule has 0 N–H and O–H groups in total. The van der Waals surface area contributed by atoms with Crippen LogP contribution in [-0.2, 0) is 11.3 Å². The average Bonchev–Trinajstić information content (AvgIpc) is 3.50. The van der Waals surface area contributed by atoms with Crippen LogP contribution in [0.3, 0.4) is 0 Å². The summed E-state index contributed by atoms with van der Waals surface area (Å²) in [5.41, 5.74) is 0.753. The van der Waals surface area contributed by atoms with Gasteiger partial charge in [-0.05, 0) is 56.3 Å². The molecule has 4 rings (SSSR count). The Morgan fingerprint density at radius 1 is 1.00 bits per heavy atom. The second-order valence-electron chi connectivity index (χ2n) is 7.04. The predicted octanol–water partition coefficient (Wildman–Crippen LogP) is 4.40. The lowest BCUT2D eigenvalue weighted by molar-refractivity contribution is -0.120. The van der Waals surface area contributed by atoms with E-state index in [1.54, 1.807) is 27.9 Å². The topological polar surface area (TPSA) is 78.7 Å². The molecule has 0 aliphatic carbocycles. The summed E-state index contributed by atoms with van der Waals surface area (Å²) in [6, 6.07) is 14.9. The fourth-order valence-electron chi connectivity index (χ4n) is 3.28. The van der Waals surface area contributed by atoms with Gasteiger partial charge in [0.15, 0.2) is 11.7 Å². The molecule has 0 fully saturated rings. The summed E-state index contributed by atoms with van der Waals surface area (Å²) in [5.74, 6) is 1.88. The molecule has 9 heteroatoms. The Morgan fingerprint density at radius 2 is 1.76 bits per heavy atom. The molecule has 0 saturated heterocycles. The van der Waals surface area contributed by atoms with Crippen molar-refractivity contribution in [2.75, 3.05) is 31.3 Å². The van der Waals surface area contributed by atoms with E-state index in [2.05, 4.69) is 5.10 Å². The lowest BCUT2D eigenvalue weighted by atomic mass is 10.3. The molecular weight excluding hydrogens is 440 g/mol. The molecular formula is C24H26N4O4S. The van der Waals surface area contributed by atoms with Crippen LogP contribution in [0.2, 0.25) is 0 Å². The van der Waals surface area contributed by atoms with Crippen LogP contribution in [0.25, 0.3) is 10.2 Å². The molecule has 0 aliphatic rings. The van der Waals surface area contributed by atoms with Crippen molar-refractivity contribution >= 4 is 32.6 Å². The first-order valence-corrected chi connectivity index (χ1v) is 11.7. The number of carbonyl (C=O) groups is 1. The van der Waals surface area contributed by atoms with Crippen LogP contribution in [-0.4, -0.2) is 47.0 Å². The molecule has 0 bridgehead atoms. The first kappa shape index (κ1) is 22.6. The molecule has 2 aromatic heterocycles. The predicted molar refractivity (Wildman–Crippen MR) is 128 cm³/mol. The molecule has 2 heterocycles. The van der Waals surface area contributed by atoms with Crippen LogP contribution in [0.4, 0.5) is 5.13 Å². The number of para-hydroxylation sites is 1. The van der Waals surface area contributed by atoms with E-state index < -0.39 is 0 Å². The minimum absolute atomic E-state index is 0.110. The molecule has 0 saturated carbocycles. The monoisotopic (exact) mass is 466 g/mol. The molecule has 0 unspecified atom stereocenters. The van der Waals surface area contributed by atoms with Crippen LogP contribution in [0, 0.1) is 0 Å². The lowest BCUT2D eigenvalue weighted by Gasteiger charge is -2.20. The zero-order valence-corrected chi connectivity index (χ0v) is 19.5. The van der Waals surface area contributed by atoms with Gasteiger partial charge >= 0.3 is 0 Å². The van der Waals surface area contributed by atoms with Crippen molar-refractivity contribution in [2.45, 2.75) is 20.4 Å². The molecule has 0 atom stereocenters. The Kier molecular flexibility index (Phi) is 7.41. The van der Waals surface area contributed by atoms with Gasteiger partial charge in [0.2, 0.25) is 0 Å². The van der Waals surface area contributed by atoms with E-state index in [-0.39, 0.29) is 12.5 Å². The quantitative estimate of drug-likeness (QED) is 0.326. The van der Waals surface area contributed by atoms with Crippen molar-refractivity contribution < 1.29 is 19.0 Å². The summed E-state index contributed by atoms with van der Waals surface area (Å²) >= 11 is 1.45. The number of anilines is 1. The first-order valence-electron chi connectivity index (χ1n) is 10.8. The standard InChI is InChI=1S/C24H26N4O4S/c1-3-30-18-9-11-19(12-10-18)32-17-22(29)28(16-15-27-14-6-13-25-27)24-26-23-20(31-4-2)7-5-8-21(23)33-24/h5-14H,3-4,15-17H2,1-2H3. The Morgan fingerprint density at radius 3 is 2.45 bits per heavy atom. The number of hydrogen-bond acceptors (Lipinski definition) is 7. The van der Waals surface area contributed by atoms with E-state index in [0.29, 0.717) is 42.9 Å². The maximum absolute atomic E-state index is 13.2. The summed E-state index contributed by atoms with van der Waals surface area (Å²) in [6.45, 7) is 5.85. The molecule has 0 radical (unpaired) electrons. The summed E-state index contributed by atoms with van der Waals surface area (Å²) in [7, 11) is 0. The zero-order valence-electron chi connectivity index (χ0n) is 18.6. The first-order chi connectivity index (χ1) is 16.2. The second-order valence-corrected chi connectivity index (χ2v) is 8.05. The molecule has 33 heavy (non-hydrogen) atoms. The SMILES string of the molecule is CCOc1ccc(OCC(=O)N(CCn2cccn2)c2nc3c(OCC)cccc3s2)cc1. The van der Waals surface area contributed by atoms with Crippen molar-refractivity contribution in [2.24, 2.45) is 0 Å². The third-order valence-corrected chi connectivity index (χ3v) is 5.86. The number of ether oxygens (including phenoxy) is 3. The highest BCUT2D eigenvalue weighted by molar-refractivity contribution is 7.22. The number of aromatic nitrogens is 3. The highest BCUT2D eigenvalue weighted by Gasteiger charge is 2.21. The highest BCUT2D eigenvalue weighted by Crippen LogP contribution is 2.34. The largest absolute Gasteiger partial charge is 0.494 e. The van der Waals surface area contributed by atoms with Gasteiger partial charge in [-0.3, -0.25) is 14.4 Å². The molecule has 172 valence electrons. The van der Waals surface area contributed by atoms with E-state index >= 15 is 0 Å². The second kappa shape index (κ2) is 10.8. The van der Waals surface area contributed by atoms with Gasteiger partial charge in [-0.2, -0.15) is 5.10 Å². The van der Waals surface area contributed by atoms with Gasteiger partial charge in [0.05, 0.1) is 24.5 Å². The van der Waals surface area contributed by atoms with E-state index in [0.717, 1.165) is 16.0 Å². The van der Waals surface area contributed by atoms with Crippen LogP contribution in [0.5, 0.6) is 17.2 Å². The van der Waals surface area contributed by atoms with E-state index in [4.69, 9.17) is 19.2 Å². The number of amides is 1. The van der Waals surface area contributed by atoms with Crippen molar-refractivity contribution in [3.05, 3.63) is 60.9 Å².